The van der Waals surface area contributed by atoms with E-state index in [9.17, 15) is 14.4 Å². The molecule has 1 fully saturated rings. The van der Waals surface area contributed by atoms with Crippen LogP contribution in [0.3, 0.4) is 0 Å². The summed E-state index contributed by atoms with van der Waals surface area (Å²) in [6.45, 7) is 3.92. The van der Waals surface area contributed by atoms with Crippen molar-refractivity contribution in [3.8, 4) is 11.3 Å². The second kappa shape index (κ2) is 9.65. The molecule has 7 nitrogen and oxygen atoms in total. The Labute approximate surface area is 192 Å². The van der Waals surface area contributed by atoms with Crippen molar-refractivity contribution < 1.29 is 19.1 Å². The molecule has 1 aromatic heterocycles. The smallest absolute Gasteiger partial charge is 0.340 e. The van der Waals surface area contributed by atoms with Gasteiger partial charge >= 0.3 is 5.97 Å². The van der Waals surface area contributed by atoms with Crippen LogP contribution in [0.2, 0.25) is 0 Å². The van der Waals surface area contributed by atoms with E-state index in [1.807, 2.05) is 36.4 Å². The number of amides is 2. The summed E-state index contributed by atoms with van der Waals surface area (Å²) in [4.78, 5) is 43.5. The topological polar surface area (TPSA) is 88.6 Å². The molecule has 2 amide bonds. The van der Waals surface area contributed by atoms with Crippen LogP contribution in [0.4, 0.5) is 11.4 Å². The Kier molecular flexibility index (Phi) is 6.49. The van der Waals surface area contributed by atoms with Gasteiger partial charge in [-0.2, -0.15) is 0 Å². The number of nitrogens with zero attached hydrogens (tertiary/aromatic N) is 2. The zero-order valence-electron chi connectivity index (χ0n) is 18.6. The fourth-order valence-electron chi connectivity index (χ4n) is 3.74. The van der Waals surface area contributed by atoms with Gasteiger partial charge < -0.3 is 15.0 Å². The number of hydrogen-bond donors (Lipinski definition) is 1. The fourth-order valence-corrected chi connectivity index (χ4v) is 3.74. The maximum Gasteiger partial charge on any atom is 0.340 e. The molecule has 2 heterocycles. The third-order valence-corrected chi connectivity index (χ3v) is 5.53. The minimum Gasteiger partial charge on any atom is -0.449 e. The van der Waals surface area contributed by atoms with Crippen molar-refractivity contribution in [2.75, 3.05) is 16.8 Å². The standard InChI is InChI=1S/C26H25N3O4/c1-17-22(13-14-23(27-17)19-8-4-3-5-9-19)26(32)33-18(2)25(31)28-20-10-6-11-21(16-20)29-15-7-12-24(29)30/h3-6,8-11,13-14,16,18H,7,12,15H2,1-2H3,(H,28,31). The number of carbonyl (C=O) groups excluding carboxylic acids is 3. The summed E-state index contributed by atoms with van der Waals surface area (Å²) in [7, 11) is 0. The first-order valence-electron chi connectivity index (χ1n) is 10.9. The van der Waals surface area contributed by atoms with E-state index in [1.165, 1.54) is 6.92 Å². The molecule has 4 rings (SSSR count). The lowest BCUT2D eigenvalue weighted by atomic mass is 10.1. The predicted octanol–water partition coefficient (Wildman–Crippen LogP) is 4.37. The van der Waals surface area contributed by atoms with Crippen LogP contribution in [0.15, 0.2) is 66.7 Å². The number of pyridine rings is 1. The molecule has 2 aromatic carbocycles. The van der Waals surface area contributed by atoms with Gasteiger partial charge in [-0.25, -0.2) is 4.79 Å². The van der Waals surface area contributed by atoms with Crippen molar-refractivity contribution in [3.63, 3.8) is 0 Å². The molecule has 0 radical (unpaired) electrons. The molecule has 168 valence electrons. The molecule has 7 heteroatoms. The number of nitrogens with one attached hydrogen (secondary N) is 1. The minimum absolute atomic E-state index is 0.0723. The number of ether oxygens (including phenoxy) is 1. The van der Waals surface area contributed by atoms with Crippen LogP contribution < -0.4 is 10.2 Å². The molecule has 33 heavy (non-hydrogen) atoms. The third-order valence-electron chi connectivity index (χ3n) is 5.53. The van der Waals surface area contributed by atoms with Crippen LogP contribution in [0.25, 0.3) is 11.3 Å². The summed E-state index contributed by atoms with van der Waals surface area (Å²) in [6, 6.07) is 20.2. The van der Waals surface area contributed by atoms with Gasteiger partial charge in [-0.15, -0.1) is 0 Å². The summed E-state index contributed by atoms with van der Waals surface area (Å²) in [6.07, 6.45) is 0.343. The van der Waals surface area contributed by atoms with Gasteiger partial charge in [0.25, 0.3) is 5.91 Å². The van der Waals surface area contributed by atoms with Gasteiger partial charge in [0.2, 0.25) is 5.91 Å². The van der Waals surface area contributed by atoms with Crippen molar-refractivity contribution in [1.29, 1.82) is 0 Å². The molecule has 0 saturated carbocycles. The number of aryl methyl sites for hydroxylation is 1. The molecule has 0 spiro atoms. The maximum absolute atomic E-state index is 12.7. The Morgan fingerprint density at radius 2 is 1.85 bits per heavy atom. The minimum atomic E-state index is -1.01. The van der Waals surface area contributed by atoms with Gasteiger partial charge in [-0.1, -0.05) is 36.4 Å². The maximum atomic E-state index is 12.7. The molecule has 1 saturated heterocycles. The van der Waals surface area contributed by atoms with E-state index in [-0.39, 0.29) is 5.91 Å². The van der Waals surface area contributed by atoms with Crippen LogP contribution >= 0.6 is 0 Å². The number of rotatable bonds is 6. The number of hydrogen-bond acceptors (Lipinski definition) is 5. The summed E-state index contributed by atoms with van der Waals surface area (Å²) in [5, 5.41) is 2.75. The quantitative estimate of drug-likeness (QED) is 0.572. The molecule has 1 N–H and O–H groups in total. The first kappa shape index (κ1) is 22.2. The molecule has 1 unspecified atom stereocenters. The number of aromatic nitrogens is 1. The monoisotopic (exact) mass is 443 g/mol. The fraction of sp³-hybridized carbons (Fsp3) is 0.231. The Balaban J connectivity index is 1.40. The van der Waals surface area contributed by atoms with Gasteiger partial charge in [-0.05, 0) is 50.6 Å². The van der Waals surface area contributed by atoms with E-state index in [0.29, 0.717) is 29.9 Å². The van der Waals surface area contributed by atoms with E-state index in [0.717, 1.165) is 23.4 Å². The first-order chi connectivity index (χ1) is 15.9. The predicted molar refractivity (Wildman–Crippen MR) is 126 cm³/mol. The van der Waals surface area contributed by atoms with E-state index < -0.39 is 18.0 Å². The lowest BCUT2D eigenvalue weighted by Gasteiger charge is -2.18. The molecule has 1 atom stereocenters. The van der Waals surface area contributed by atoms with Crippen molar-refractivity contribution >= 4 is 29.2 Å². The van der Waals surface area contributed by atoms with Crippen molar-refractivity contribution in [2.24, 2.45) is 0 Å². The van der Waals surface area contributed by atoms with E-state index >= 15 is 0 Å². The highest BCUT2D eigenvalue weighted by molar-refractivity contribution is 5.99. The summed E-state index contributed by atoms with van der Waals surface area (Å²) >= 11 is 0. The highest BCUT2D eigenvalue weighted by Crippen LogP contribution is 2.24. The normalized spacial score (nSPS) is 14.1. The Morgan fingerprint density at radius 1 is 1.06 bits per heavy atom. The third kappa shape index (κ3) is 5.09. The SMILES string of the molecule is Cc1nc(-c2ccccc2)ccc1C(=O)OC(C)C(=O)Nc1cccc(N2CCCC2=O)c1. The van der Waals surface area contributed by atoms with Gasteiger partial charge in [0.05, 0.1) is 17.0 Å². The average molecular weight is 444 g/mol. The molecule has 0 aliphatic carbocycles. The van der Waals surface area contributed by atoms with E-state index in [4.69, 9.17) is 4.74 Å². The van der Waals surface area contributed by atoms with Gasteiger partial charge in [0.15, 0.2) is 6.10 Å². The second-order valence-corrected chi connectivity index (χ2v) is 7.93. The zero-order chi connectivity index (χ0) is 23.4. The molecular formula is C26H25N3O4. The lowest BCUT2D eigenvalue weighted by molar-refractivity contribution is -0.123. The van der Waals surface area contributed by atoms with Crippen LogP contribution in [0, 0.1) is 6.92 Å². The van der Waals surface area contributed by atoms with Gasteiger partial charge in [0, 0.05) is 29.9 Å². The average Bonchev–Trinajstić information content (AvgIpc) is 3.25. The Hall–Kier alpha value is -4.00. The Bertz CT molecular complexity index is 1190. The summed E-state index contributed by atoms with van der Waals surface area (Å²) in [5.74, 6) is -0.999. The van der Waals surface area contributed by atoms with Crippen LogP contribution in [0.5, 0.6) is 0 Å². The highest BCUT2D eigenvalue weighted by Gasteiger charge is 2.23. The molecule has 3 aromatic rings. The highest BCUT2D eigenvalue weighted by atomic mass is 16.5. The molecule has 1 aliphatic rings. The lowest BCUT2D eigenvalue weighted by Crippen LogP contribution is -2.30. The molecule has 1 aliphatic heterocycles. The van der Waals surface area contributed by atoms with E-state index in [2.05, 4.69) is 10.3 Å². The largest absolute Gasteiger partial charge is 0.449 e. The van der Waals surface area contributed by atoms with Crippen molar-refractivity contribution in [1.82, 2.24) is 4.98 Å². The Morgan fingerprint density at radius 3 is 2.55 bits per heavy atom. The van der Waals surface area contributed by atoms with Crippen LogP contribution in [0.1, 0.15) is 35.8 Å². The van der Waals surface area contributed by atoms with Crippen LogP contribution in [-0.4, -0.2) is 35.4 Å². The number of benzene rings is 2. The molecule has 0 bridgehead atoms. The molecular weight excluding hydrogens is 418 g/mol. The first-order valence-corrected chi connectivity index (χ1v) is 10.9. The second-order valence-electron chi connectivity index (χ2n) is 7.93. The number of anilines is 2. The zero-order valence-corrected chi connectivity index (χ0v) is 18.6. The van der Waals surface area contributed by atoms with Crippen molar-refractivity contribution in [2.45, 2.75) is 32.8 Å². The van der Waals surface area contributed by atoms with E-state index in [1.54, 1.807) is 42.2 Å². The summed E-state index contributed by atoms with van der Waals surface area (Å²) < 4.78 is 5.39. The van der Waals surface area contributed by atoms with Crippen molar-refractivity contribution in [3.05, 3.63) is 78.0 Å². The summed E-state index contributed by atoms with van der Waals surface area (Å²) in [5.41, 5.74) is 3.81. The number of esters is 1. The number of carbonyl (C=O) groups is 3. The van der Waals surface area contributed by atoms with Gasteiger partial charge in [0.1, 0.15) is 0 Å². The van der Waals surface area contributed by atoms with Crippen LogP contribution in [-0.2, 0) is 14.3 Å². The van der Waals surface area contributed by atoms with Gasteiger partial charge in [-0.3, -0.25) is 14.6 Å².